The number of carbonyl (C=O) groups excluding carboxylic acids is 3. The molecule has 5 atom stereocenters. The van der Waals surface area contributed by atoms with Crippen LogP contribution in [0.5, 0.6) is 0 Å². The van der Waals surface area contributed by atoms with Crippen molar-refractivity contribution in [3.05, 3.63) is 25.3 Å². The largest absolute Gasteiger partial charge is 0.396 e. The maximum Gasteiger partial charge on any atom is 0.248 e. The van der Waals surface area contributed by atoms with Crippen LogP contribution in [0.15, 0.2) is 25.3 Å². The zero-order chi connectivity index (χ0) is 24.4. The van der Waals surface area contributed by atoms with Crippen LogP contribution in [0.3, 0.4) is 0 Å². The fraction of sp³-hybridized carbons (Fsp3) is 0.720. The normalized spacial score (nSPS) is 32.1. The molecule has 3 aliphatic rings. The molecule has 3 fully saturated rings. The van der Waals surface area contributed by atoms with E-state index in [1.165, 1.54) is 0 Å². The molecule has 0 radical (unpaired) electrons. The van der Waals surface area contributed by atoms with E-state index in [9.17, 15) is 19.5 Å². The van der Waals surface area contributed by atoms with Gasteiger partial charge in [-0.3, -0.25) is 14.4 Å². The highest BCUT2D eigenvalue weighted by atomic mass is 16.5. The van der Waals surface area contributed by atoms with Gasteiger partial charge < -0.3 is 24.5 Å². The van der Waals surface area contributed by atoms with Gasteiger partial charge in [0.15, 0.2) is 0 Å². The molecule has 1 N–H and O–H groups in total. The van der Waals surface area contributed by atoms with Crippen LogP contribution in [0.2, 0.25) is 0 Å². The third-order valence-corrected chi connectivity index (χ3v) is 7.56. The van der Waals surface area contributed by atoms with Crippen molar-refractivity contribution < 1.29 is 24.2 Å². The fourth-order valence-electron chi connectivity index (χ4n) is 6.05. The van der Waals surface area contributed by atoms with Gasteiger partial charge in [-0.1, -0.05) is 25.5 Å². The van der Waals surface area contributed by atoms with Gasteiger partial charge in [0.2, 0.25) is 17.7 Å². The van der Waals surface area contributed by atoms with Crippen LogP contribution in [0.1, 0.15) is 46.0 Å². The SMILES string of the molecule is C=CCN(C)C(=O)[C@@H]1[C@H]2C(=O)N(CCCO)C(C(=O)N(CC=C)CCCC)C23CC[C@@]1(C)O3. The monoisotopic (exact) mass is 461 g/mol. The van der Waals surface area contributed by atoms with E-state index in [0.717, 1.165) is 12.8 Å². The zero-order valence-electron chi connectivity index (χ0n) is 20.3. The van der Waals surface area contributed by atoms with Crippen LogP contribution in [0, 0.1) is 11.8 Å². The van der Waals surface area contributed by atoms with E-state index < -0.39 is 29.1 Å². The Hall–Kier alpha value is -2.19. The predicted octanol–water partition coefficient (Wildman–Crippen LogP) is 1.59. The number of nitrogens with zero attached hydrogens (tertiary/aromatic N) is 3. The fourth-order valence-corrected chi connectivity index (χ4v) is 6.05. The molecule has 3 heterocycles. The van der Waals surface area contributed by atoms with E-state index in [-0.39, 0.29) is 30.9 Å². The molecule has 3 aliphatic heterocycles. The third-order valence-electron chi connectivity index (χ3n) is 7.56. The van der Waals surface area contributed by atoms with Gasteiger partial charge in [0.05, 0.1) is 17.4 Å². The molecule has 8 nitrogen and oxygen atoms in total. The standard InChI is InChI=1S/C25H39N3O5/c1-6-9-15-27(14-8-3)23(32)20-25-12-11-24(4,33-25)18(21(30)26(5)13-7-2)19(25)22(31)28(20)16-10-17-29/h7-8,18-20,29H,2-3,6,9-17H2,1,4-5H3/t18-,19-,20?,24+,25?/m0/s1. The number of likely N-dealkylation sites (N-methyl/N-ethyl adjacent to an activating group) is 1. The average Bonchev–Trinajstić information content (AvgIpc) is 3.35. The number of rotatable bonds is 12. The van der Waals surface area contributed by atoms with E-state index in [1.54, 1.807) is 33.9 Å². The van der Waals surface area contributed by atoms with Gasteiger partial charge in [0.25, 0.3) is 0 Å². The quantitative estimate of drug-likeness (QED) is 0.446. The van der Waals surface area contributed by atoms with E-state index in [0.29, 0.717) is 38.9 Å². The topological polar surface area (TPSA) is 90.4 Å². The second kappa shape index (κ2) is 9.97. The number of unbranched alkanes of at least 4 members (excludes halogenated alkanes) is 1. The van der Waals surface area contributed by atoms with Crippen LogP contribution in [0.4, 0.5) is 0 Å². The molecule has 0 aliphatic carbocycles. The lowest BCUT2D eigenvalue weighted by atomic mass is 9.66. The second-order valence-electron chi connectivity index (χ2n) is 9.77. The van der Waals surface area contributed by atoms with Crippen molar-refractivity contribution in [2.75, 3.05) is 39.8 Å². The van der Waals surface area contributed by atoms with Crippen molar-refractivity contribution in [3.8, 4) is 0 Å². The molecule has 1 spiro atoms. The molecule has 3 rings (SSSR count). The van der Waals surface area contributed by atoms with Gasteiger partial charge >= 0.3 is 0 Å². The Morgan fingerprint density at radius 2 is 1.91 bits per heavy atom. The molecular formula is C25H39N3O5. The van der Waals surface area contributed by atoms with Gasteiger partial charge in [-0.15, -0.1) is 13.2 Å². The minimum Gasteiger partial charge on any atom is -0.396 e. The number of aliphatic hydroxyl groups excluding tert-OH is 1. The van der Waals surface area contributed by atoms with E-state index in [1.807, 2.05) is 6.92 Å². The lowest BCUT2D eigenvalue weighted by Gasteiger charge is -2.37. The molecule has 3 amide bonds. The number of fused-ring (bicyclic) bond motifs is 1. The van der Waals surface area contributed by atoms with Gasteiger partial charge in [0.1, 0.15) is 11.6 Å². The second-order valence-corrected chi connectivity index (χ2v) is 9.77. The average molecular weight is 462 g/mol. The summed E-state index contributed by atoms with van der Waals surface area (Å²) < 4.78 is 6.61. The summed E-state index contributed by atoms with van der Waals surface area (Å²) >= 11 is 0. The number of hydrogen-bond donors (Lipinski definition) is 1. The summed E-state index contributed by atoms with van der Waals surface area (Å²) in [6.07, 6.45) is 6.66. The molecule has 2 bridgehead atoms. The molecule has 8 heteroatoms. The van der Waals surface area contributed by atoms with Crippen LogP contribution >= 0.6 is 0 Å². The van der Waals surface area contributed by atoms with Gasteiger partial charge in [0, 0.05) is 39.8 Å². The summed E-state index contributed by atoms with van der Waals surface area (Å²) in [4.78, 5) is 46.1. The van der Waals surface area contributed by atoms with Gasteiger partial charge in [-0.05, 0) is 32.6 Å². The van der Waals surface area contributed by atoms with Crippen molar-refractivity contribution >= 4 is 17.7 Å². The maximum absolute atomic E-state index is 13.9. The first-order valence-electron chi connectivity index (χ1n) is 12.1. The lowest BCUT2D eigenvalue weighted by Crippen LogP contribution is -2.56. The number of hydrogen-bond acceptors (Lipinski definition) is 5. The minimum absolute atomic E-state index is 0.0857. The zero-order valence-corrected chi connectivity index (χ0v) is 20.3. The third kappa shape index (κ3) is 4.12. The highest BCUT2D eigenvalue weighted by Crippen LogP contribution is 2.63. The summed E-state index contributed by atoms with van der Waals surface area (Å²) in [6, 6.07) is -0.803. The first-order chi connectivity index (χ1) is 15.7. The molecule has 0 aromatic rings. The molecule has 184 valence electrons. The molecule has 0 aromatic heterocycles. The summed E-state index contributed by atoms with van der Waals surface area (Å²) in [5, 5.41) is 9.44. The highest BCUT2D eigenvalue weighted by Gasteiger charge is 2.78. The molecular weight excluding hydrogens is 422 g/mol. The number of amides is 3. The summed E-state index contributed by atoms with van der Waals surface area (Å²) in [6.45, 7) is 13.0. The number of ether oxygens (including phenoxy) is 1. The number of likely N-dealkylation sites (tertiary alicyclic amines) is 1. The summed E-state index contributed by atoms with van der Waals surface area (Å²) in [7, 11) is 1.70. The van der Waals surface area contributed by atoms with E-state index in [2.05, 4.69) is 20.1 Å². The van der Waals surface area contributed by atoms with E-state index in [4.69, 9.17) is 4.74 Å². The maximum atomic E-state index is 13.9. The van der Waals surface area contributed by atoms with Gasteiger partial charge in [-0.25, -0.2) is 0 Å². The van der Waals surface area contributed by atoms with Crippen molar-refractivity contribution in [1.29, 1.82) is 0 Å². The van der Waals surface area contributed by atoms with E-state index >= 15 is 0 Å². The van der Waals surface area contributed by atoms with Crippen LogP contribution in [0.25, 0.3) is 0 Å². The molecule has 0 aromatic carbocycles. The first-order valence-corrected chi connectivity index (χ1v) is 12.1. The number of carbonyl (C=O) groups is 3. The smallest absolute Gasteiger partial charge is 0.248 e. The van der Waals surface area contributed by atoms with Crippen molar-refractivity contribution in [3.63, 3.8) is 0 Å². The Morgan fingerprint density at radius 3 is 2.52 bits per heavy atom. The van der Waals surface area contributed by atoms with Crippen LogP contribution in [-0.4, -0.2) is 94.6 Å². The Balaban J connectivity index is 2.03. The predicted molar refractivity (Wildman–Crippen MR) is 125 cm³/mol. The first kappa shape index (κ1) is 25.4. The molecule has 2 unspecified atom stereocenters. The van der Waals surface area contributed by atoms with Crippen molar-refractivity contribution in [2.24, 2.45) is 11.8 Å². The van der Waals surface area contributed by atoms with Crippen molar-refractivity contribution in [1.82, 2.24) is 14.7 Å². The summed E-state index contributed by atoms with van der Waals surface area (Å²) in [5.41, 5.74) is -1.82. The Labute approximate surface area is 197 Å². The number of aliphatic hydroxyl groups is 1. The molecule has 3 saturated heterocycles. The lowest BCUT2D eigenvalue weighted by molar-refractivity contribution is -0.153. The van der Waals surface area contributed by atoms with Gasteiger partial charge in [-0.2, -0.15) is 0 Å². The minimum atomic E-state index is -1.03. The Kier molecular flexibility index (Phi) is 7.69. The van der Waals surface area contributed by atoms with Crippen LogP contribution in [-0.2, 0) is 19.1 Å². The summed E-state index contributed by atoms with van der Waals surface area (Å²) in [5.74, 6) is -1.89. The highest BCUT2D eigenvalue weighted by molar-refractivity contribution is 5.99. The molecule has 33 heavy (non-hydrogen) atoms. The Morgan fingerprint density at radius 1 is 1.21 bits per heavy atom. The van der Waals surface area contributed by atoms with Crippen LogP contribution < -0.4 is 0 Å². The van der Waals surface area contributed by atoms with Crippen molar-refractivity contribution in [2.45, 2.75) is 63.2 Å². The molecule has 0 saturated carbocycles. The Bertz CT molecular complexity index is 801.